The number of aldehydes is 1. The molecule has 2 aliphatic rings. The van der Waals surface area contributed by atoms with Crippen LogP contribution in [0.2, 0.25) is 0 Å². The summed E-state index contributed by atoms with van der Waals surface area (Å²) in [5.74, 6) is 0.176. The maximum atomic E-state index is 12.6. The van der Waals surface area contributed by atoms with Crippen molar-refractivity contribution >= 4 is 12.3 Å². The largest absolute Gasteiger partial charge is 0.496 e. The maximum absolute atomic E-state index is 12.6. The summed E-state index contributed by atoms with van der Waals surface area (Å²) in [7, 11) is 2.93. The zero-order valence-electron chi connectivity index (χ0n) is 21.1. The maximum Gasteiger partial charge on any atom is 0.309 e. The molecule has 0 amide bonds. The lowest BCUT2D eigenvalue weighted by molar-refractivity contribution is -0.277. The Morgan fingerprint density at radius 3 is 2.29 bits per heavy atom. The van der Waals surface area contributed by atoms with Crippen LogP contribution in [0, 0.1) is 11.8 Å². The number of rotatable bonds is 10. The standard InChI is InChI=1S/C27H32O11/c1-34-20-9-14(3-5-16(20)11-28)7-17-13-36-26(33)18(17)8-15-4-6-19(21(10-15)35-2)37-27-25(32)24(31)23(30)22(12-29)38-27/h3-6,9-11,17-18,22-25,27,29-32H,7-8,12-13H2,1-2H3/t17-,18+,22+,23+,24-,25+,27+/m0/s1. The number of esters is 1. The van der Waals surface area contributed by atoms with E-state index in [1.54, 1.807) is 30.3 Å². The van der Waals surface area contributed by atoms with E-state index in [0.29, 0.717) is 29.9 Å². The Labute approximate surface area is 219 Å². The van der Waals surface area contributed by atoms with Crippen molar-refractivity contribution in [3.8, 4) is 17.2 Å². The number of aliphatic hydroxyl groups is 4. The number of cyclic esters (lactones) is 1. The summed E-state index contributed by atoms with van der Waals surface area (Å²) in [5, 5.41) is 39.7. The monoisotopic (exact) mass is 532 g/mol. The van der Waals surface area contributed by atoms with E-state index in [9.17, 15) is 30.0 Å². The quantitative estimate of drug-likeness (QED) is 0.246. The van der Waals surface area contributed by atoms with Gasteiger partial charge in [-0.1, -0.05) is 12.1 Å². The Kier molecular flexibility index (Phi) is 8.85. The summed E-state index contributed by atoms with van der Waals surface area (Å²) in [6.45, 7) is -0.301. The van der Waals surface area contributed by atoms with Crippen LogP contribution in [0.25, 0.3) is 0 Å². The lowest BCUT2D eigenvalue weighted by Crippen LogP contribution is -2.60. The lowest BCUT2D eigenvalue weighted by Gasteiger charge is -2.39. The van der Waals surface area contributed by atoms with Gasteiger partial charge in [-0.15, -0.1) is 0 Å². The van der Waals surface area contributed by atoms with Gasteiger partial charge in [-0.25, -0.2) is 0 Å². The molecule has 2 aromatic rings. The number of methoxy groups -OCH3 is 2. The fourth-order valence-electron chi connectivity index (χ4n) is 4.82. The van der Waals surface area contributed by atoms with Crippen LogP contribution in [0.5, 0.6) is 17.2 Å². The van der Waals surface area contributed by atoms with Crippen LogP contribution in [0.3, 0.4) is 0 Å². The number of carbonyl (C=O) groups is 2. The number of benzene rings is 2. The van der Waals surface area contributed by atoms with Gasteiger partial charge in [-0.2, -0.15) is 0 Å². The summed E-state index contributed by atoms with van der Waals surface area (Å²) in [6.07, 6.45) is -5.44. The normalized spacial score (nSPS) is 29.0. The Bertz CT molecular complexity index is 1130. The first-order valence-corrected chi connectivity index (χ1v) is 12.2. The molecule has 2 aliphatic heterocycles. The smallest absolute Gasteiger partial charge is 0.309 e. The second kappa shape index (κ2) is 12.1. The van der Waals surface area contributed by atoms with E-state index in [-0.39, 0.29) is 24.2 Å². The molecular formula is C27H32O11. The van der Waals surface area contributed by atoms with Crippen LogP contribution in [0.1, 0.15) is 21.5 Å². The fourth-order valence-corrected chi connectivity index (χ4v) is 4.82. The molecule has 0 aliphatic carbocycles. The van der Waals surface area contributed by atoms with E-state index in [0.717, 1.165) is 17.4 Å². The van der Waals surface area contributed by atoms with Crippen molar-refractivity contribution in [1.29, 1.82) is 0 Å². The van der Waals surface area contributed by atoms with Crippen LogP contribution >= 0.6 is 0 Å². The molecule has 11 nitrogen and oxygen atoms in total. The SMILES string of the molecule is COc1cc(C[C@H]2COC(=O)[C@@H]2Cc2ccc(O[C@@H]3O[C@H](CO)[C@@H](O)[C@H](O)[C@H]3O)c(OC)c2)ccc1C=O. The topological polar surface area (TPSA) is 161 Å². The second-order valence-corrected chi connectivity index (χ2v) is 9.40. The molecule has 11 heteroatoms. The molecule has 0 bridgehead atoms. The summed E-state index contributed by atoms with van der Waals surface area (Å²) in [5.41, 5.74) is 2.15. The summed E-state index contributed by atoms with van der Waals surface area (Å²) in [4.78, 5) is 23.8. The summed E-state index contributed by atoms with van der Waals surface area (Å²) in [6, 6.07) is 10.3. The molecule has 7 atom stereocenters. The molecule has 2 aromatic carbocycles. The Morgan fingerprint density at radius 2 is 1.61 bits per heavy atom. The molecule has 0 aromatic heterocycles. The van der Waals surface area contributed by atoms with Crippen LogP contribution < -0.4 is 14.2 Å². The highest BCUT2D eigenvalue weighted by molar-refractivity contribution is 5.79. The molecular weight excluding hydrogens is 500 g/mol. The first kappa shape index (κ1) is 27.8. The molecule has 0 unspecified atom stereocenters. The van der Waals surface area contributed by atoms with Crippen LogP contribution in [-0.2, 0) is 27.1 Å². The van der Waals surface area contributed by atoms with Crippen molar-refractivity contribution in [3.05, 3.63) is 53.1 Å². The predicted octanol–water partition coefficient (Wildman–Crippen LogP) is 0.269. The van der Waals surface area contributed by atoms with Crippen molar-refractivity contribution in [1.82, 2.24) is 0 Å². The molecule has 38 heavy (non-hydrogen) atoms. The Balaban J connectivity index is 1.47. The van der Waals surface area contributed by atoms with Gasteiger partial charge < -0.3 is 44.1 Å². The zero-order valence-corrected chi connectivity index (χ0v) is 21.1. The minimum absolute atomic E-state index is 0.0923. The van der Waals surface area contributed by atoms with E-state index >= 15 is 0 Å². The van der Waals surface area contributed by atoms with Crippen LogP contribution in [0.4, 0.5) is 0 Å². The first-order chi connectivity index (χ1) is 18.3. The lowest BCUT2D eigenvalue weighted by atomic mass is 9.85. The van der Waals surface area contributed by atoms with Crippen molar-refractivity contribution in [2.24, 2.45) is 11.8 Å². The average molecular weight is 533 g/mol. The van der Waals surface area contributed by atoms with E-state index in [4.69, 9.17) is 23.7 Å². The highest BCUT2D eigenvalue weighted by atomic mass is 16.7. The third kappa shape index (κ3) is 5.77. The van der Waals surface area contributed by atoms with Crippen molar-refractivity contribution in [3.63, 3.8) is 0 Å². The zero-order chi connectivity index (χ0) is 27.4. The van der Waals surface area contributed by atoms with Gasteiger partial charge in [0.2, 0.25) is 6.29 Å². The van der Waals surface area contributed by atoms with E-state index < -0.39 is 43.2 Å². The van der Waals surface area contributed by atoms with E-state index in [2.05, 4.69) is 0 Å². The van der Waals surface area contributed by atoms with Gasteiger partial charge in [-0.3, -0.25) is 9.59 Å². The van der Waals surface area contributed by atoms with Crippen molar-refractivity contribution < 1.29 is 53.7 Å². The molecule has 4 rings (SSSR count). The van der Waals surface area contributed by atoms with Gasteiger partial charge in [0.15, 0.2) is 17.8 Å². The minimum Gasteiger partial charge on any atom is -0.496 e. The third-order valence-corrected chi connectivity index (χ3v) is 7.01. The number of hydrogen-bond donors (Lipinski definition) is 4. The van der Waals surface area contributed by atoms with Gasteiger partial charge >= 0.3 is 5.97 Å². The van der Waals surface area contributed by atoms with E-state index in [1.165, 1.54) is 14.2 Å². The summed E-state index contributed by atoms with van der Waals surface area (Å²) < 4.78 is 27.2. The van der Waals surface area contributed by atoms with Gasteiger partial charge in [0.25, 0.3) is 0 Å². The molecule has 4 N–H and O–H groups in total. The van der Waals surface area contributed by atoms with Gasteiger partial charge in [0.05, 0.1) is 38.9 Å². The van der Waals surface area contributed by atoms with Gasteiger partial charge in [0, 0.05) is 5.92 Å². The third-order valence-electron chi connectivity index (χ3n) is 7.01. The van der Waals surface area contributed by atoms with Crippen molar-refractivity contribution in [2.45, 2.75) is 43.5 Å². The molecule has 2 heterocycles. The van der Waals surface area contributed by atoms with Gasteiger partial charge in [-0.05, 0) is 48.2 Å². The predicted molar refractivity (Wildman–Crippen MR) is 131 cm³/mol. The number of hydrogen-bond acceptors (Lipinski definition) is 11. The highest BCUT2D eigenvalue weighted by Gasteiger charge is 2.45. The fraction of sp³-hybridized carbons (Fsp3) is 0.481. The number of carbonyl (C=O) groups excluding carboxylic acids is 2. The van der Waals surface area contributed by atoms with Crippen LogP contribution in [0.15, 0.2) is 36.4 Å². The van der Waals surface area contributed by atoms with Crippen molar-refractivity contribution in [2.75, 3.05) is 27.4 Å². The molecule has 206 valence electrons. The Morgan fingerprint density at radius 1 is 0.921 bits per heavy atom. The number of aliphatic hydroxyl groups excluding tert-OH is 4. The van der Waals surface area contributed by atoms with Gasteiger partial charge in [0.1, 0.15) is 30.2 Å². The minimum atomic E-state index is -1.57. The molecule has 2 saturated heterocycles. The Hall–Kier alpha value is -3.22. The first-order valence-electron chi connectivity index (χ1n) is 12.2. The second-order valence-electron chi connectivity index (χ2n) is 9.40. The number of ether oxygens (including phenoxy) is 5. The average Bonchev–Trinajstić information content (AvgIpc) is 3.27. The summed E-state index contributed by atoms with van der Waals surface area (Å²) >= 11 is 0. The highest BCUT2D eigenvalue weighted by Crippen LogP contribution is 2.35. The molecule has 0 spiro atoms. The van der Waals surface area contributed by atoms with Crippen LogP contribution in [-0.4, -0.2) is 90.8 Å². The molecule has 0 radical (unpaired) electrons. The molecule has 0 saturated carbocycles. The molecule has 2 fully saturated rings. The van der Waals surface area contributed by atoms with E-state index in [1.807, 2.05) is 6.07 Å².